The van der Waals surface area contributed by atoms with Crippen molar-refractivity contribution in [1.82, 2.24) is 0 Å². The first-order chi connectivity index (χ1) is 8.83. The van der Waals surface area contributed by atoms with E-state index in [-0.39, 0.29) is 11.8 Å². The molecule has 0 saturated carbocycles. The van der Waals surface area contributed by atoms with Crippen LogP contribution in [0.15, 0.2) is 40.9 Å². The average Bonchev–Trinajstić information content (AvgIpc) is 2.26. The highest BCUT2D eigenvalue weighted by Gasteiger charge is 2.10. The maximum Gasteiger partial charge on any atom is 0.149 e. The number of sulfone groups is 1. The Bertz CT molecular complexity index is 698. The highest BCUT2D eigenvalue weighted by Crippen LogP contribution is 2.23. The fourth-order valence-corrected chi connectivity index (χ4v) is 3.46. The standard InChI is InChI=1S/C14H16BrNO2S/c1-10(9-19(2,17)18)16-14-6-4-11-7-13(15)5-3-12(11)8-14/h3-8,10,16H,9H2,1-2H3. The molecule has 2 aromatic carbocycles. The Kier molecular flexibility index (Phi) is 4.16. The van der Waals surface area contributed by atoms with Gasteiger partial charge in [0.15, 0.2) is 0 Å². The first kappa shape index (κ1) is 14.3. The maximum absolute atomic E-state index is 11.2. The molecule has 1 N–H and O–H groups in total. The summed E-state index contributed by atoms with van der Waals surface area (Å²) in [6.07, 6.45) is 1.25. The van der Waals surface area contributed by atoms with Crippen molar-refractivity contribution >= 4 is 42.2 Å². The van der Waals surface area contributed by atoms with Crippen molar-refractivity contribution in [3.63, 3.8) is 0 Å². The van der Waals surface area contributed by atoms with Crippen LogP contribution in [0.3, 0.4) is 0 Å². The number of hydrogen-bond donors (Lipinski definition) is 1. The normalized spacial score (nSPS) is 13.4. The molecule has 0 heterocycles. The summed E-state index contributed by atoms with van der Waals surface area (Å²) in [5.41, 5.74) is 0.936. The molecule has 2 rings (SSSR count). The minimum Gasteiger partial charge on any atom is -0.382 e. The Morgan fingerprint density at radius 1 is 1.16 bits per heavy atom. The van der Waals surface area contributed by atoms with Gasteiger partial charge in [0.2, 0.25) is 0 Å². The number of nitrogens with one attached hydrogen (secondary N) is 1. The summed E-state index contributed by atoms with van der Waals surface area (Å²) in [4.78, 5) is 0. The van der Waals surface area contributed by atoms with Crippen LogP contribution in [0.25, 0.3) is 10.8 Å². The third-order valence-electron chi connectivity index (χ3n) is 2.77. The second-order valence-electron chi connectivity index (χ2n) is 4.84. The van der Waals surface area contributed by atoms with Gasteiger partial charge in [-0.25, -0.2) is 8.42 Å². The van der Waals surface area contributed by atoms with E-state index in [1.807, 2.05) is 37.3 Å². The number of benzene rings is 2. The molecule has 2 aromatic rings. The molecule has 0 amide bonds. The van der Waals surface area contributed by atoms with Gasteiger partial charge in [0.05, 0.1) is 5.75 Å². The van der Waals surface area contributed by atoms with Crippen molar-refractivity contribution in [3.8, 4) is 0 Å². The molecular weight excluding hydrogens is 326 g/mol. The SMILES string of the molecule is CC(CS(C)(=O)=O)Nc1ccc2cc(Br)ccc2c1. The van der Waals surface area contributed by atoms with E-state index in [1.165, 1.54) is 6.26 Å². The van der Waals surface area contributed by atoms with Crippen molar-refractivity contribution in [2.75, 3.05) is 17.3 Å². The molecule has 1 atom stereocenters. The van der Waals surface area contributed by atoms with Crippen molar-refractivity contribution in [3.05, 3.63) is 40.9 Å². The predicted octanol–water partition coefficient (Wildman–Crippen LogP) is 3.45. The molecule has 0 aliphatic heterocycles. The Morgan fingerprint density at radius 2 is 1.79 bits per heavy atom. The van der Waals surface area contributed by atoms with Crippen LogP contribution in [-0.2, 0) is 9.84 Å². The van der Waals surface area contributed by atoms with E-state index in [0.717, 1.165) is 20.9 Å². The zero-order chi connectivity index (χ0) is 14.0. The van der Waals surface area contributed by atoms with Gasteiger partial charge in [-0.1, -0.05) is 28.1 Å². The minimum absolute atomic E-state index is 0.108. The first-order valence-corrected chi connectivity index (χ1v) is 8.82. The molecule has 0 fully saturated rings. The first-order valence-electron chi connectivity index (χ1n) is 5.97. The molecule has 0 aromatic heterocycles. The Hall–Kier alpha value is -1.07. The van der Waals surface area contributed by atoms with Gasteiger partial charge in [-0.15, -0.1) is 0 Å². The lowest BCUT2D eigenvalue weighted by atomic mass is 10.1. The summed E-state index contributed by atoms with van der Waals surface area (Å²) in [6.45, 7) is 1.87. The number of rotatable bonds is 4. The highest BCUT2D eigenvalue weighted by molar-refractivity contribution is 9.10. The number of hydrogen-bond acceptors (Lipinski definition) is 3. The van der Waals surface area contributed by atoms with Gasteiger partial charge in [-0.2, -0.15) is 0 Å². The van der Waals surface area contributed by atoms with E-state index < -0.39 is 9.84 Å². The molecule has 0 bridgehead atoms. The second-order valence-corrected chi connectivity index (χ2v) is 7.94. The molecule has 0 aliphatic rings. The zero-order valence-electron chi connectivity index (χ0n) is 10.9. The lowest BCUT2D eigenvalue weighted by Crippen LogP contribution is -2.24. The van der Waals surface area contributed by atoms with E-state index in [9.17, 15) is 8.42 Å². The summed E-state index contributed by atoms with van der Waals surface area (Å²) in [7, 11) is -2.96. The van der Waals surface area contributed by atoms with Gasteiger partial charge in [0.1, 0.15) is 9.84 Å². The third-order valence-corrected chi connectivity index (χ3v) is 4.37. The summed E-state index contributed by atoms with van der Waals surface area (Å²) in [6, 6.07) is 12.0. The van der Waals surface area contributed by atoms with Gasteiger partial charge >= 0.3 is 0 Å². The molecular formula is C14H16BrNO2S. The molecule has 3 nitrogen and oxygen atoms in total. The Morgan fingerprint density at radius 3 is 2.47 bits per heavy atom. The third kappa shape index (κ3) is 4.21. The Balaban J connectivity index is 2.20. The van der Waals surface area contributed by atoms with Crippen LogP contribution in [0, 0.1) is 0 Å². The number of halogens is 1. The van der Waals surface area contributed by atoms with Gasteiger partial charge in [-0.05, 0) is 42.0 Å². The molecule has 0 aliphatic carbocycles. The van der Waals surface area contributed by atoms with Crippen LogP contribution in [0.5, 0.6) is 0 Å². The molecule has 102 valence electrons. The molecule has 5 heteroatoms. The number of fused-ring (bicyclic) bond motifs is 1. The Labute approximate surface area is 122 Å². The second kappa shape index (κ2) is 5.51. The predicted molar refractivity (Wildman–Crippen MR) is 84.4 cm³/mol. The lowest BCUT2D eigenvalue weighted by Gasteiger charge is -2.14. The quantitative estimate of drug-likeness (QED) is 0.926. The van der Waals surface area contributed by atoms with Crippen LogP contribution >= 0.6 is 15.9 Å². The topological polar surface area (TPSA) is 46.2 Å². The number of anilines is 1. The summed E-state index contributed by atoms with van der Waals surface area (Å²) in [5.74, 6) is 0.130. The fraction of sp³-hybridized carbons (Fsp3) is 0.286. The summed E-state index contributed by atoms with van der Waals surface area (Å²) < 4.78 is 23.5. The average molecular weight is 342 g/mol. The molecule has 0 radical (unpaired) electrons. The van der Waals surface area contributed by atoms with Crippen LogP contribution in [0.2, 0.25) is 0 Å². The molecule has 1 unspecified atom stereocenters. The van der Waals surface area contributed by atoms with Gasteiger partial charge in [-0.3, -0.25) is 0 Å². The lowest BCUT2D eigenvalue weighted by molar-refractivity contribution is 0.598. The van der Waals surface area contributed by atoms with Crippen LogP contribution in [-0.4, -0.2) is 26.5 Å². The smallest absolute Gasteiger partial charge is 0.149 e. The molecule has 0 saturated heterocycles. The summed E-state index contributed by atoms with van der Waals surface area (Å²) in [5, 5.41) is 5.49. The van der Waals surface area contributed by atoms with Crippen molar-refractivity contribution in [2.24, 2.45) is 0 Å². The highest BCUT2D eigenvalue weighted by atomic mass is 79.9. The van der Waals surface area contributed by atoms with E-state index in [4.69, 9.17) is 0 Å². The van der Waals surface area contributed by atoms with Crippen LogP contribution < -0.4 is 5.32 Å². The zero-order valence-corrected chi connectivity index (χ0v) is 13.3. The summed E-state index contributed by atoms with van der Waals surface area (Å²) >= 11 is 3.44. The largest absolute Gasteiger partial charge is 0.382 e. The molecule has 0 spiro atoms. The van der Waals surface area contributed by atoms with Crippen molar-refractivity contribution in [1.29, 1.82) is 0 Å². The van der Waals surface area contributed by atoms with E-state index in [2.05, 4.69) is 27.3 Å². The van der Waals surface area contributed by atoms with Gasteiger partial charge < -0.3 is 5.32 Å². The van der Waals surface area contributed by atoms with Gasteiger partial charge in [0, 0.05) is 22.5 Å². The minimum atomic E-state index is -2.96. The monoisotopic (exact) mass is 341 g/mol. The van der Waals surface area contributed by atoms with Gasteiger partial charge in [0.25, 0.3) is 0 Å². The fourth-order valence-electron chi connectivity index (χ4n) is 2.09. The molecule has 19 heavy (non-hydrogen) atoms. The van der Waals surface area contributed by atoms with Crippen molar-refractivity contribution < 1.29 is 8.42 Å². The maximum atomic E-state index is 11.2. The van der Waals surface area contributed by atoms with Crippen LogP contribution in [0.1, 0.15) is 6.92 Å². The van der Waals surface area contributed by atoms with E-state index >= 15 is 0 Å². The van der Waals surface area contributed by atoms with Crippen LogP contribution in [0.4, 0.5) is 5.69 Å². The van der Waals surface area contributed by atoms with E-state index in [1.54, 1.807) is 0 Å². The van der Waals surface area contributed by atoms with Crippen molar-refractivity contribution in [2.45, 2.75) is 13.0 Å². The van der Waals surface area contributed by atoms with E-state index in [0.29, 0.717) is 0 Å².